The molecule has 3 amide bonds. The monoisotopic (exact) mass is 391 g/mol. The second kappa shape index (κ2) is 8.14. The second-order valence-electron chi connectivity index (χ2n) is 6.59. The van der Waals surface area contributed by atoms with Crippen LogP contribution in [-0.4, -0.2) is 53.0 Å². The average Bonchev–Trinajstić information content (AvgIpc) is 3.09. The Morgan fingerprint density at radius 2 is 1.83 bits per heavy atom. The fourth-order valence-corrected chi connectivity index (χ4v) is 3.27. The molecule has 0 radical (unpaired) electrons. The predicted molar refractivity (Wildman–Crippen MR) is 110 cm³/mol. The summed E-state index contributed by atoms with van der Waals surface area (Å²) in [5.41, 5.74) is 2.86. The van der Waals surface area contributed by atoms with Crippen LogP contribution in [0.2, 0.25) is 0 Å². The highest BCUT2D eigenvalue weighted by Gasteiger charge is 2.30. The Balaban J connectivity index is 1.37. The van der Waals surface area contributed by atoms with Gasteiger partial charge in [0.1, 0.15) is 12.3 Å². The normalized spacial score (nSPS) is 13.8. The van der Waals surface area contributed by atoms with E-state index in [0.29, 0.717) is 30.9 Å². The van der Waals surface area contributed by atoms with Crippen molar-refractivity contribution in [1.29, 1.82) is 0 Å². The minimum atomic E-state index is -0.255. The number of nitrogens with zero attached hydrogens (tertiary/aromatic N) is 4. The van der Waals surface area contributed by atoms with E-state index in [0.717, 1.165) is 17.0 Å². The maximum Gasteiger partial charge on any atom is 0.325 e. The summed E-state index contributed by atoms with van der Waals surface area (Å²) in [6.07, 6.45) is 3.22. The van der Waals surface area contributed by atoms with Crippen molar-refractivity contribution in [2.45, 2.75) is 6.92 Å². The lowest BCUT2D eigenvalue weighted by atomic mass is 10.2. The van der Waals surface area contributed by atoms with Crippen LogP contribution in [0.25, 0.3) is 11.0 Å². The molecular weight excluding hydrogens is 370 g/mol. The average molecular weight is 391 g/mol. The quantitative estimate of drug-likeness (QED) is 0.698. The Hall–Kier alpha value is -3.68. The molecule has 4 rings (SSSR count). The van der Waals surface area contributed by atoms with E-state index in [2.05, 4.69) is 15.3 Å². The van der Waals surface area contributed by atoms with Crippen molar-refractivity contribution in [3.8, 4) is 5.75 Å². The molecule has 1 aliphatic rings. The number of ether oxygens (including phenoxy) is 1. The molecule has 29 heavy (non-hydrogen) atoms. The number of aromatic nitrogens is 2. The van der Waals surface area contributed by atoms with Gasteiger partial charge in [0.25, 0.3) is 0 Å². The molecule has 2 heterocycles. The van der Waals surface area contributed by atoms with Crippen LogP contribution in [0.1, 0.15) is 6.92 Å². The number of rotatable bonds is 6. The number of fused-ring (bicyclic) bond motifs is 1. The van der Waals surface area contributed by atoms with Gasteiger partial charge in [-0.15, -0.1) is 0 Å². The van der Waals surface area contributed by atoms with E-state index in [9.17, 15) is 9.59 Å². The standard InChI is InChI=1S/C21H21N5O3/c1-2-29-17-6-4-16(5-7-17)26-12-11-25(21(26)28)14-20(27)24-15-3-8-18-19(13-15)23-10-9-22-18/h3-10,13H,2,11-12,14H2,1H3,(H,24,27). The van der Waals surface area contributed by atoms with Crippen LogP contribution in [0.5, 0.6) is 5.75 Å². The zero-order valence-corrected chi connectivity index (χ0v) is 16.0. The zero-order valence-electron chi connectivity index (χ0n) is 16.0. The molecule has 8 nitrogen and oxygen atoms in total. The molecule has 148 valence electrons. The lowest BCUT2D eigenvalue weighted by molar-refractivity contribution is -0.116. The van der Waals surface area contributed by atoms with Crippen molar-refractivity contribution in [2.24, 2.45) is 0 Å². The Kier molecular flexibility index (Phi) is 5.24. The van der Waals surface area contributed by atoms with E-state index in [1.807, 2.05) is 31.2 Å². The smallest absolute Gasteiger partial charge is 0.325 e. The van der Waals surface area contributed by atoms with Crippen LogP contribution < -0.4 is 15.0 Å². The second-order valence-corrected chi connectivity index (χ2v) is 6.59. The van der Waals surface area contributed by atoms with Crippen molar-refractivity contribution in [3.05, 3.63) is 54.9 Å². The Labute approximate surface area is 168 Å². The van der Waals surface area contributed by atoms with E-state index in [4.69, 9.17) is 4.74 Å². The number of hydrogen-bond acceptors (Lipinski definition) is 5. The molecule has 0 saturated carbocycles. The molecule has 0 unspecified atom stereocenters. The minimum absolute atomic E-state index is 0.00906. The molecule has 2 aromatic carbocycles. The van der Waals surface area contributed by atoms with Crippen LogP contribution >= 0.6 is 0 Å². The Bertz CT molecular complexity index is 1040. The highest BCUT2D eigenvalue weighted by molar-refractivity contribution is 6.00. The minimum Gasteiger partial charge on any atom is -0.494 e. The summed E-state index contributed by atoms with van der Waals surface area (Å²) in [4.78, 5) is 36.8. The third-order valence-electron chi connectivity index (χ3n) is 4.64. The molecule has 0 spiro atoms. The first kappa shape index (κ1) is 18.7. The van der Waals surface area contributed by atoms with Gasteiger partial charge in [-0.05, 0) is 49.4 Å². The summed E-state index contributed by atoms with van der Waals surface area (Å²) in [5, 5.41) is 2.82. The van der Waals surface area contributed by atoms with Crippen molar-refractivity contribution in [3.63, 3.8) is 0 Å². The number of benzene rings is 2. The van der Waals surface area contributed by atoms with E-state index in [-0.39, 0.29) is 18.5 Å². The number of anilines is 2. The molecule has 1 N–H and O–H groups in total. The van der Waals surface area contributed by atoms with Gasteiger partial charge in [0.2, 0.25) is 5.91 Å². The summed E-state index contributed by atoms with van der Waals surface area (Å²) < 4.78 is 5.43. The third-order valence-corrected chi connectivity index (χ3v) is 4.64. The summed E-state index contributed by atoms with van der Waals surface area (Å²) >= 11 is 0. The van der Waals surface area contributed by atoms with Gasteiger partial charge in [0, 0.05) is 36.9 Å². The molecule has 0 atom stereocenters. The molecule has 8 heteroatoms. The largest absolute Gasteiger partial charge is 0.494 e. The molecule has 0 aliphatic carbocycles. The lowest BCUT2D eigenvalue weighted by Crippen LogP contribution is -2.37. The van der Waals surface area contributed by atoms with Crippen molar-refractivity contribution >= 4 is 34.3 Å². The van der Waals surface area contributed by atoms with Gasteiger partial charge in [-0.3, -0.25) is 19.7 Å². The molecule has 1 fully saturated rings. The molecule has 1 saturated heterocycles. The topological polar surface area (TPSA) is 87.7 Å². The van der Waals surface area contributed by atoms with Gasteiger partial charge in [0.05, 0.1) is 17.6 Å². The SMILES string of the molecule is CCOc1ccc(N2CCN(CC(=O)Nc3ccc4nccnc4c3)C2=O)cc1. The first-order valence-corrected chi connectivity index (χ1v) is 9.44. The van der Waals surface area contributed by atoms with Gasteiger partial charge in [-0.2, -0.15) is 0 Å². The van der Waals surface area contributed by atoms with Crippen LogP contribution in [0, 0.1) is 0 Å². The van der Waals surface area contributed by atoms with E-state index < -0.39 is 0 Å². The molecule has 1 aromatic heterocycles. The highest BCUT2D eigenvalue weighted by atomic mass is 16.5. The number of nitrogens with one attached hydrogen (secondary N) is 1. The predicted octanol–water partition coefficient (Wildman–Crippen LogP) is 2.91. The molecular formula is C21H21N5O3. The van der Waals surface area contributed by atoms with Crippen LogP contribution in [0.4, 0.5) is 16.2 Å². The maximum atomic E-state index is 12.7. The highest BCUT2D eigenvalue weighted by Crippen LogP contribution is 2.23. The van der Waals surface area contributed by atoms with Gasteiger partial charge in [-0.1, -0.05) is 0 Å². The number of hydrogen-bond donors (Lipinski definition) is 1. The Morgan fingerprint density at radius 1 is 1.07 bits per heavy atom. The summed E-state index contributed by atoms with van der Waals surface area (Å²) in [6, 6.07) is 12.5. The van der Waals surface area contributed by atoms with Crippen molar-refractivity contribution < 1.29 is 14.3 Å². The maximum absolute atomic E-state index is 12.7. The number of urea groups is 1. The van der Waals surface area contributed by atoms with E-state index in [1.54, 1.807) is 35.5 Å². The first-order chi connectivity index (χ1) is 14.1. The van der Waals surface area contributed by atoms with Gasteiger partial charge in [0.15, 0.2) is 0 Å². The van der Waals surface area contributed by atoms with E-state index >= 15 is 0 Å². The van der Waals surface area contributed by atoms with Crippen molar-refractivity contribution in [1.82, 2.24) is 14.9 Å². The zero-order chi connectivity index (χ0) is 20.2. The Morgan fingerprint density at radius 3 is 2.59 bits per heavy atom. The lowest BCUT2D eigenvalue weighted by Gasteiger charge is -2.18. The van der Waals surface area contributed by atoms with Gasteiger partial charge < -0.3 is 15.0 Å². The molecule has 0 bridgehead atoms. The number of carbonyl (C=O) groups is 2. The fraction of sp³-hybridized carbons (Fsp3) is 0.238. The van der Waals surface area contributed by atoms with Crippen LogP contribution in [0.3, 0.4) is 0 Å². The van der Waals surface area contributed by atoms with Gasteiger partial charge >= 0.3 is 6.03 Å². The summed E-state index contributed by atoms with van der Waals surface area (Å²) in [6.45, 7) is 3.53. The number of amides is 3. The first-order valence-electron chi connectivity index (χ1n) is 9.44. The van der Waals surface area contributed by atoms with Gasteiger partial charge in [-0.25, -0.2) is 4.79 Å². The molecule has 3 aromatic rings. The fourth-order valence-electron chi connectivity index (χ4n) is 3.27. The summed E-state index contributed by atoms with van der Waals surface area (Å²) in [7, 11) is 0. The van der Waals surface area contributed by atoms with Crippen LogP contribution in [-0.2, 0) is 4.79 Å². The van der Waals surface area contributed by atoms with Crippen LogP contribution in [0.15, 0.2) is 54.9 Å². The third kappa shape index (κ3) is 4.11. The van der Waals surface area contributed by atoms with E-state index in [1.165, 1.54) is 4.90 Å². The number of carbonyl (C=O) groups excluding carboxylic acids is 2. The summed E-state index contributed by atoms with van der Waals surface area (Å²) in [5.74, 6) is 0.509. The molecule has 1 aliphatic heterocycles. The van der Waals surface area contributed by atoms with Crippen molar-refractivity contribution in [2.75, 3.05) is 36.5 Å².